The van der Waals surface area contributed by atoms with E-state index in [9.17, 15) is 14.4 Å². The summed E-state index contributed by atoms with van der Waals surface area (Å²) in [4.78, 5) is 38.3. The zero-order chi connectivity index (χ0) is 23.6. The molecule has 4 aliphatic carbocycles. The lowest BCUT2D eigenvalue weighted by atomic mass is 9.45. The fourth-order valence-corrected chi connectivity index (χ4v) is 8.78. The number of allylic oxidation sites excluding steroid dienone is 1. The molecule has 0 radical (unpaired) electrons. The van der Waals surface area contributed by atoms with Crippen molar-refractivity contribution in [2.45, 2.75) is 76.1 Å². The maximum atomic E-state index is 13.2. The van der Waals surface area contributed by atoms with Crippen LogP contribution in [0, 0.1) is 28.6 Å². The highest BCUT2D eigenvalue weighted by molar-refractivity contribution is 9.10. The molecular formula is C28H33BrO4. The number of Topliss-reactive ketones (excluding diaryl/α,β-unsaturated/α-hetero) is 1. The van der Waals surface area contributed by atoms with Gasteiger partial charge < -0.3 is 4.74 Å². The Bertz CT molecular complexity index is 1030. The number of hydrogen-bond donors (Lipinski definition) is 0. The summed E-state index contributed by atoms with van der Waals surface area (Å²) >= 11 is 3.91. The van der Waals surface area contributed by atoms with Crippen molar-refractivity contribution in [3.8, 4) is 0 Å². The predicted molar refractivity (Wildman–Crippen MR) is 130 cm³/mol. The molecule has 7 atom stereocenters. The van der Waals surface area contributed by atoms with E-state index in [0.717, 1.165) is 32.1 Å². The van der Waals surface area contributed by atoms with Gasteiger partial charge in [-0.05, 0) is 86.3 Å². The third kappa shape index (κ3) is 3.32. The minimum atomic E-state index is -0.577. The van der Waals surface area contributed by atoms with Crippen LogP contribution in [0.4, 0.5) is 0 Å². The molecule has 5 heteroatoms. The molecule has 5 rings (SSSR count). The minimum Gasteiger partial charge on any atom is -0.458 e. The SMILES string of the molecule is CC(=O)[C@@]1(Br)CC[C@H]2[C@@H]3CCC4=CC(=O)CC[C@]4(C)[C@H]3[C@H](OC(=O)c3ccccc3)C[C@@]21C. The van der Waals surface area contributed by atoms with Crippen LogP contribution < -0.4 is 0 Å². The smallest absolute Gasteiger partial charge is 0.338 e. The van der Waals surface area contributed by atoms with Crippen LogP contribution in [0.3, 0.4) is 0 Å². The molecule has 33 heavy (non-hydrogen) atoms. The molecule has 0 unspecified atom stereocenters. The summed E-state index contributed by atoms with van der Waals surface area (Å²) < 4.78 is 5.77. The Hall–Kier alpha value is -1.75. The maximum Gasteiger partial charge on any atom is 0.338 e. The summed E-state index contributed by atoms with van der Waals surface area (Å²) in [6, 6.07) is 9.18. The summed E-state index contributed by atoms with van der Waals surface area (Å²) in [6.07, 6.45) is 7.36. The molecule has 0 aliphatic heterocycles. The number of alkyl halides is 1. The highest BCUT2D eigenvalue weighted by atomic mass is 79.9. The number of ether oxygens (including phenoxy) is 1. The van der Waals surface area contributed by atoms with E-state index in [4.69, 9.17) is 4.74 Å². The number of hydrogen-bond acceptors (Lipinski definition) is 4. The van der Waals surface area contributed by atoms with E-state index >= 15 is 0 Å². The van der Waals surface area contributed by atoms with Crippen LogP contribution in [0.5, 0.6) is 0 Å². The number of carbonyl (C=O) groups excluding carboxylic acids is 3. The maximum absolute atomic E-state index is 13.2. The summed E-state index contributed by atoms with van der Waals surface area (Å²) in [6.45, 7) is 6.21. The van der Waals surface area contributed by atoms with Crippen molar-refractivity contribution in [3.05, 3.63) is 47.5 Å². The zero-order valence-corrected chi connectivity index (χ0v) is 21.3. The fraction of sp³-hybridized carbons (Fsp3) is 0.607. The van der Waals surface area contributed by atoms with E-state index in [2.05, 4.69) is 29.8 Å². The lowest BCUT2D eigenvalue weighted by Crippen LogP contribution is -2.60. The van der Waals surface area contributed by atoms with Gasteiger partial charge in [-0.25, -0.2) is 4.79 Å². The summed E-state index contributed by atoms with van der Waals surface area (Å²) in [5.41, 5.74) is 1.37. The number of halogens is 1. The molecule has 0 N–H and O–H groups in total. The molecule has 0 aromatic heterocycles. The second-order valence-electron chi connectivity index (χ2n) is 11.2. The first-order valence-corrected chi connectivity index (χ1v) is 13.1. The number of rotatable bonds is 3. The quantitative estimate of drug-likeness (QED) is 0.363. The number of ketones is 2. The Morgan fingerprint density at radius 3 is 2.48 bits per heavy atom. The molecule has 1 aromatic carbocycles. The van der Waals surface area contributed by atoms with Gasteiger partial charge in [0.25, 0.3) is 0 Å². The highest BCUT2D eigenvalue weighted by Gasteiger charge is 2.68. The molecule has 3 saturated carbocycles. The van der Waals surface area contributed by atoms with Gasteiger partial charge in [0, 0.05) is 12.3 Å². The second-order valence-corrected chi connectivity index (χ2v) is 12.6. The monoisotopic (exact) mass is 512 g/mol. The summed E-state index contributed by atoms with van der Waals surface area (Å²) in [5, 5.41) is 0. The average Bonchev–Trinajstić information content (AvgIpc) is 3.06. The van der Waals surface area contributed by atoms with Gasteiger partial charge in [-0.2, -0.15) is 0 Å². The van der Waals surface area contributed by atoms with Gasteiger partial charge in [0.1, 0.15) is 11.9 Å². The minimum absolute atomic E-state index is 0.145. The van der Waals surface area contributed by atoms with Crippen molar-refractivity contribution in [1.82, 2.24) is 0 Å². The van der Waals surface area contributed by atoms with Crippen molar-refractivity contribution >= 4 is 33.5 Å². The fourth-order valence-electron chi connectivity index (χ4n) is 8.09. The third-order valence-electron chi connectivity index (χ3n) is 9.80. The summed E-state index contributed by atoms with van der Waals surface area (Å²) in [7, 11) is 0. The van der Waals surface area contributed by atoms with E-state index in [0.29, 0.717) is 30.2 Å². The number of fused-ring (bicyclic) bond motifs is 5. The van der Waals surface area contributed by atoms with Crippen LogP contribution in [0.15, 0.2) is 42.0 Å². The van der Waals surface area contributed by atoms with Gasteiger partial charge in [0.2, 0.25) is 0 Å². The lowest BCUT2D eigenvalue weighted by molar-refractivity contribution is -0.141. The zero-order valence-electron chi connectivity index (χ0n) is 19.7. The molecule has 4 nitrogen and oxygen atoms in total. The van der Waals surface area contributed by atoms with Crippen LogP contribution in [0.2, 0.25) is 0 Å². The van der Waals surface area contributed by atoms with E-state index < -0.39 is 4.32 Å². The largest absolute Gasteiger partial charge is 0.458 e. The molecule has 0 heterocycles. The molecule has 0 amide bonds. The van der Waals surface area contributed by atoms with Crippen LogP contribution in [-0.2, 0) is 14.3 Å². The Balaban J connectivity index is 1.58. The van der Waals surface area contributed by atoms with E-state index in [1.54, 1.807) is 19.1 Å². The van der Waals surface area contributed by atoms with Gasteiger partial charge in [0.05, 0.1) is 9.89 Å². The molecular weight excluding hydrogens is 480 g/mol. The molecule has 0 bridgehead atoms. The van der Waals surface area contributed by atoms with Crippen LogP contribution in [0.1, 0.15) is 76.1 Å². The number of esters is 1. The van der Waals surface area contributed by atoms with Gasteiger partial charge >= 0.3 is 5.97 Å². The molecule has 3 fully saturated rings. The van der Waals surface area contributed by atoms with Crippen molar-refractivity contribution < 1.29 is 19.1 Å². The molecule has 1 aromatic rings. The Kier molecular flexibility index (Phi) is 5.51. The normalized spacial score (nSPS) is 41.9. The molecule has 176 valence electrons. The van der Waals surface area contributed by atoms with Gasteiger partial charge in [-0.15, -0.1) is 0 Å². The lowest BCUT2D eigenvalue weighted by Gasteiger charge is -2.61. The van der Waals surface area contributed by atoms with Crippen molar-refractivity contribution in [1.29, 1.82) is 0 Å². The van der Waals surface area contributed by atoms with Gasteiger partial charge in [-0.3, -0.25) is 9.59 Å². The first kappa shape index (κ1) is 23.0. The first-order valence-electron chi connectivity index (χ1n) is 12.3. The van der Waals surface area contributed by atoms with Crippen molar-refractivity contribution in [3.63, 3.8) is 0 Å². The third-order valence-corrected chi connectivity index (χ3v) is 11.7. The highest BCUT2D eigenvalue weighted by Crippen LogP contribution is 2.69. The molecule has 0 saturated heterocycles. The number of carbonyl (C=O) groups is 3. The van der Waals surface area contributed by atoms with Crippen molar-refractivity contribution in [2.24, 2.45) is 28.6 Å². The van der Waals surface area contributed by atoms with Crippen molar-refractivity contribution in [2.75, 3.05) is 0 Å². The Labute approximate surface area is 204 Å². The topological polar surface area (TPSA) is 60.4 Å². The number of benzene rings is 1. The van der Waals surface area contributed by atoms with E-state index in [1.807, 2.05) is 24.3 Å². The van der Waals surface area contributed by atoms with Gasteiger partial charge in [0.15, 0.2) is 5.78 Å². The second kappa shape index (κ2) is 7.90. The first-order chi connectivity index (χ1) is 15.6. The average molecular weight is 513 g/mol. The Morgan fingerprint density at radius 1 is 1.06 bits per heavy atom. The molecule has 4 aliphatic rings. The van der Waals surface area contributed by atoms with E-state index in [-0.39, 0.29) is 40.4 Å². The van der Waals surface area contributed by atoms with Crippen LogP contribution >= 0.6 is 15.9 Å². The van der Waals surface area contributed by atoms with E-state index in [1.165, 1.54) is 5.57 Å². The van der Waals surface area contributed by atoms with Crippen LogP contribution in [-0.4, -0.2) is 28.0 Å². The van der Waals surface area contributed by atoms with Crippen LogP contribution in [0.25, 0.3) is 0 Å². The summed E-state index contributed by atoms with van der Waals surface area (Å²) in [5.74, 6) is 1.02. The Morgan fingerprint density at radius 2 is 1.79 bits per heavy atom. The predicted octanol–water partition coefficient (Wildman–Crippen LogP) is 6.08. The molecule has 0 spiro atoms. The van der Waals surface area contributed by atoms with Gasteiger partial charge in [-0.1, -0.05) is 53.5 Å². The standard InChI is InChI=1S/C28H33BrO4/c1-17(30)28(29)14-12-22-21-10-9-19-15-20(31)11-13-26(19,2)24(21)23(16-27(22,28)3)33-25(32)18-7-5-4-6-8-18/h4-8,15,21-24H,9-14,16H2,1-3H3/t21-,22-,23+,24+,26-,27-,28-/m0/s1.